The molecule has 2 aromatic rings. The summed E-state index contributed by atoms with van der Waals surface area (Å²) in [4.78, 5) is 19.8. The summed E-state index contributed by atoms with van der Waals surface area (Å²) in [6.45, 7) is 11.5. The maximum absolute atomic E-state index is 9.92. The number of ether oxygens (including phenoxy) is 1. The van der Waals surface area contributed by atoms with Gasteiger partial charge in [0.1, 0.15) is 0 Å². The van der Waals surface area contributed by atoms with E-state index < -0.39 is 11.9 Å². The standard InChI is InChI=1S/C9H12.C8H8.C6H12O.C4H2O3.C3H8O/c1-8(2)9-6-4-3-5-7-9;1-2-8-6-4-3-5-7-8;7-6-4-2-1-3-5-6;5-3-1-2-4(6)7-3;1-3(2)4/h3-8H,1-2H3;2-7H,1H2;6-7H,1-5H2;1-2H;3-4H,1-2H3. The molecule has 2 aliphatic rings. The van der Waals surface area contributed by atoms with Gasteiger partial charge in [0, 0.05) is 18.3 Å². The van der Waals surface area contributed by atoms with Crippen molar-refractivity contribution in [2.75, 3.05) is 0 Å². The van der Waals surface area contributed by atoms with Gasteiger partial charge in [-0.2, -0.15) is 0 Å². The lowest BCUT2D eigenvalue weighted by atomic mass is 9.98. The van der Waals surface area contributed by atoms with Crippen LogP contribution < -0.4 is 0 Å². The van der Waals surface area contributed by atoms with E-state index in [1.165, 1.54) is 30.4 Å². The van der Waals surface area contributed by atoms with Crippen molar-refractivity contribution in [3.8, 4) is 0 Å². The second kappa shape index (κ2) is 20.4. The molecule has 4 rings (SSSR count). The second-order valence-electron chi connectivity index (χ2n) is 8.64. The number of aliphatic hydroxyl groups is 2. The van der Waals surface area contributed by atoms with Gasteiger partial charge in [-0.25, -0.2) is 9.59 Å². The van der Waals surface area contributed by atoms with Crippen LogP contribution in [0.3, 0.4) is 0 Å². The van der Waals surface area contributed by atoms with Crippen LogP contribution >= 0.6 is 0 Å². The Balaban J connectivity index is 0.000000421. The van der Waals surface area contributed by atoms with Crippen LogP contribution in [0.1, 0.15) is 76.8 Å². The molecule has 5 heteroatoms. The van der Waals surface area contributed by atoms with Gasteiger partial charge in [-0.05, 0) is 43.7 Å². The van der Waals surface area contributed by atoms with Gasteiger partial charge in [0.25, 0.3) is 0 Å². The number of cyclic esters (lactones) is 2. The predicted molar refractivity (Wildman–Crippen MR) is 144 cm³/mol. The molecule has 1 aliphatic carbocycles. The Morgan fingerprint density at radius 1 is 0.829 bits per heavy atom. The first-order valence-corrected chi connectivity index (χ1v) is 12.2. The normalized spacial score (nSPS) is 14.2. The summed E-state index contributed by atoms with van der Waals surface area (Å²) in [5.41, 5.74) is 2.59. The molecule has 0 spiro atoms. The lowest BCUT2D eigenvalue weighted by Gasteiger charge is -2.14. The molecule has 5 nitrogen and oxygen atoms in total. The molecule has 0 aromatic heterocycles. The number of rotatable bonds is 2. The van der Waals surface area contributed by atoms with E-state index in [4.69, 9.17) is 10.2 Å². The van der Waals surface area contributed by atoms with Crippen molar-refractivity contribution in [1.82, 2.24) is 0 Å². The Bertz CT molecular complexity index is 817. The average molecular weight is 483 g/mol. The highest BCUT2D eigenvalue weighted by atomic mass is 16.6. The number of carbonyl (C=O) groups is 2. The molecule has 0 unspecified atom stereocenters. The first-order valence-electron chi connectivity index (χ1n) is 12.2. The van der Waals surface area contributed by atoms with Crippen molar-refractivity contribution in [3.05, 3.63) is 90.5 Å². The van der Waals surface area contributed by atoms with Gasteiger partial charge in [-0.15, -0.1) is 0 Å². The quantitative estimate of drug-likeness (QED) is 0.379. The van der Waals surface area contributed by atoms with E-state index in [2.05, 4.69) is 49.4 Å². The van der Waals surface area contributed by atoms with Gasteiger partial charge in [0.15, 0.2) is 0 Å². The minimum atomic E-state index is -0.579. The first-order chi connectivity index (χ1) is 16.6. The van der Waals surface area contributed by atoms with E-state index in [-0.39, 0.29) is 12.2 Å². The summed E-state index contributed by atoms with van der Waals surface area (Å²) in [6, 6.07) is 20.5. The first kappa shape index (κ1) is 32.0. The molecule has 35 heavy (non-hydrogen) atoms. The van der Waals surface area contributed by atoms with Crippen LogP contribution in [0.5, 0.6) is 0 Å². The summed E-state index contributed by atoms with van der Waals surface area (Å²) in [6.07, 6.45) is 9.76. The molecule has 2 aromatic carbocycles. The third kappa shape index (κ3) is 20.1. The molecule has 1 heterocycles. The van der Waals surface area contributed by atoms with E-state index >= 15 is 0 Å². The molecular weight excluding hydrogens is 440 g/mol. The third-order valence-corrected chi connectivity index (χ3v) is 4.63. The highest BCUT2D eigenvalue weighted by Crippen LogP contribution is 2.16. The minimum absolute atomic E-state index is 0.0359. The molecule has 0 radical (unpaired) electrons. The lowest BCUT2D eigenvalue weighted by molar-refractivity contribution is -0.150. The molecule has 0 amide bonds. The molecular formula is C30H42O5. The van der Waals surface area contributed by atoms with Crippen molar-refractivity contribution in [2.45, 2.75) is 77.9 Å². The fourth-order valence-electron chi connectivity index (χ4n) is 2.81. The number of benzene rings is 2. The van der Waals surface area contributed by atoms with Crippen molar-refractivity contribution < 1.29 is 24.5 Å². The topological polar surface area (TPSA) is 83.8 Å². The molecule has 2 N–H and O–H groups in total. The fraction of sp³-hybridized carbons (Fsp3) is 0.400. The third-order valence-electron chi connectivity index (χ3n) is 4.63. The fourth-order valence-corrected chi connectivity index (χ4v) is 2.81. The van der Waals surface area contributed by atoms with Crippen LogP contribution in [0.25, 0.3) is 6.08 Å². The Morgan fingerprint density at radius 3 is 1.49 bits per heavy atom. The Labute approximate surface area is 211 Å². The number of hydrogen-bond acceptors (Lipinski definition) is 5. The van der Waals surface area contributed by atoms with Gasteiger partial charge in [0.05, 0.1) is 6.10 Å². The smallest absolute Gasteiger partial charge is 0.338 e. The number of esters is 2. The van der Waals surface area contributed by atoms with E-state index in [1.807, 2.05) is 42.5 Å². The molecule has 0 atom stereocenters. The Kier molecular flexibility index (Phi) is 18.6. The lowest BCUT2D eigenvalue weighted by Crippen LogP contribution is -2.09. The molecule has 192 valence electrons. The average Bonchev–Trinajstić information content (AvgIpc) is 3.24. The van der Waals surface area contributed by atoms with Crippen LogP contribution in [0.15, 0.2) is 79.4 Å². The minimum Gasteiger partial charge on any atom is -0.394 e. The summed E-state index contributed by atoms with van der Waals surface area (Å²) in [5, 5.41) is 17.0. The predicted octanol–water partition coefficient (Wildman–Crippen LogP) is 6.46. The van der Waals surface area contributed by atoms with Gasteiger partial charge in [-0.3, -0.25) is 0 Å². The molecule has 0 bridgehead atoms. The zero-order chi connectivity index (χ0) is 26.5. The van der Waals surface area contributed by atoms with Crippen molar-refractivity contribution in [3.63, 3.8) is 0 Å². The van der Waals surface area contributed by atoms with Crippen LogP contribution in [-0.2, 0) is 14.3 Å². The number of aliphatic hydroxyl groups excluding tert-OH is 2. The summed E-state index contributed by atoms with van der Waals surface area (Å²) >= 11 is 0. The molecule has 1 fully saturated rings. The monoisotopic (exact) mass is 482 g/mol. The zero-order valence-electron chi connectivity index (χ0n) is 21.6. The van der Waals surface area contributed by atoms with Crippen molar-refractivity contribution in [1.29, 1.82) is 0 Å². The van der Waals surface area contributed by atoms with E-state index in [1.54, 1.807) is 13.8 Å². The van der Waals surface area contributed by atoms with Gasteiger partial charge >= 0.3 is 11.9 Å². The molecule has 1 saturated carbocycles. The maximum atomic E-state index is 9.92. The van der Waals surface area contributed by atoms with Crippen LogP contribution in [-0.4, -0.2) is 34.4 Å². The SMILES string of the molecule is C=Cc1ccccc1.CC(C)O.CC(C)c1ccccc1.O=C1C=CC(=O)O1.OC1CCCCC1. The highest BCUT2D eigenvalue weighted by molar-refractivity contribution is 6.04. The van der Waals surface area contributed by atoms with E-state index in [9.17, 15) is 9.59 Å². The van der Waals surface area contributed by atoms with Crippen LogP contribution in [0.4, 0.5) is 0 Å². The Hall–Kier alpha value is -3.02. The molecule has 1 aliphatic heterocycles. The molecule has 0 saturated heterocycles. The number of hydrogen-bond donors (Lipinski definition) is 2. The van der Waals surface area contributed by atoms with Crippen LogP contribution in [0, 0.1) is 0 Å². The van der Waals surface area contributed by atoms with E-state index in [0.717, 1.165) is 25.0 Å². The van der Waals surface area contributed by atoms with Gasteiger partial charge in [-0.1, -0.05) is 106 Å². The van der Waals surface area contributed by atoms with Gasteiger partial charge < -0.3 is 14.9 Å². The number of carbonyl (C=O) groups excluding carboxylic acids is 2. The summed E-state index contributed by atoms with van der Waals surface area (Å²) in [7, 11) is 0. The largest absolute Gasteiger partial charge is 0.394 e. The van der Waals surface area contributed by atoms with Crippen LogP contribution in [0.2, 0.25) is 0 Å². The summed E-state index contributed by atoms with van der Waals surface area (Å²) < 4.78 is 3.97. The second-order valence-corrected chi connectivity index (χ2v) is 8.64. The summed E-state index contributed by atoms with van der Waals surface area (Å²) in [5.74, 6) is -0.499. The Morgan fingerprint density at radius 2 is 1.26 bits per heavy atom. The highest BCUT2D eigenvalue weighted by Gasteiger charge is 2.10. The van der Waals surface area contributed by atoms with Crippen molar-refractivity contribution >= 4 is 18.0 Å². The van der Waals surface area contributed by atoms with Gasteiger partial charge in [0.2, 0.25) is 0 Å². The zero-order valence-corrected chi connectivity index (χ0v) is 21.6. The maximum Gasteiger partial charge on any atom is 0.338 e. The van der Waals surface area contributed by atoms with E-state index in [0.29, 0.717) is 5.92 Å². The van der Waals surface area contributed by atoms with Crippen molar-refractivity contribution in [2.24, 2.45) is 0 Å².